The fourth-order valence-electron chi connectivity index (χ4n) is 3.12. The predicted octanol–water partition coefficient (Wildman–Crippen LogP) is 4.32. The van der Waals surface area contributed by atoms with Gasteiger partial charge in [-0.3, -0.25) is 15.0 Å². The van der Waals surface area contributed by atoms with E-state index in [4.69, 9.17) is 0 Å². The average Bonchev–Trinajstić information content (AvgIpc) is 2.67. The highest BCUT2D eigenvalue weighted by molar-refractivity contribution is 9.13. The van der Waals surface area contributed by atoms with E-state index in [-0.39, 0.29) is 11.9 Å². The van der Waals surface area contributed by atoms with Gasteiger partial charge in [0.25, 0.3) is 5.91 Å². The van der Waals surface area contributed by atoms with Gasteiger partial charge in [-0.25, -0.2) is 4.79 Å². The van der Waals surface area contributed by atoms with E-state index in [9.17, 15) is 9.59 Å². The lowest BCUT2D eigenvalue weighted by Crippen LogP contribution is -2.49. The van der Waals surface area contributed by atoms with E-state index >= 15 is 0 Å². The number of nitrogens with one attached hydrogen (secondary N) is 2. The van der Waals surface area contributed by atoms with E-state index in [1.165, 1.54) is 5.56 Å². The van der Waals surface area contributed by atoms with Gasteiger partial charge in [0.05, 0.1) is 0 Å². The van der Waals surface area contributed by atoms with Gasteiger partial charge in [-0.15, -0.1) is 0 Å². The average molecular weight is 495 g/mol. The Bertz CT molecular complexity index is 806. The number of halogens is 2. The lowest BCUT2D eigenvalue weighted by atomic mass is 10.0. The van der Waals surface area contributed by atoms with Crippen LogP contribution in [0.3, 0.4) is 0 Å². The number of carbonyl (C=O) groups is 2. The molecular weight excluding hydrogens is 474 g/mol. The maximum absolute atomic E-state index is 12.1. The molecule has 7 heteroatoms. The van der Waals surface area contributed by atoms with E-state index in [1.807, 2.05) is 12.1 Å². The number of piperidine rings is 1. The highest BCUT2D eigenvalue weighted by atomic mass is 79.9. The van der Waals surface area contributed by atoms with E-state index in [1.54, 1.807) is 24.3 Å². The maximum Gasteiger partial charge on any atom is 0.321 e. The normalized spacial score (nSPS) is 15.3. The number of hydrogen-bond donors (Lipinski definition) is 2. The molecule has 1 aliphatic heterocycles. The third-order valence-corrected chi connectivity index (χ3v) is 6.46. The summed E-state index contributed by atoms with van der Waals surface area (Å²) in [6.07, 6.45) is 1.73. The fraction of sp³-hybridized carbons (Fsp3) is 0.300. The van der Waals surface area contributed by atoms with E-state index in [2.05, 4.69) is 59.5 Å². The number of urea groups is 1. The molecule has 5 nitrogen and oxygen atoms in total. The summed E-state index contributed by atoms with van der Waals surface area (Å²) in [6.45, 7) is 2.70. The van der Waals surface area contributed by atoms with Gasteiger partial charge in [0.15, 0.2) is 0 Å². The first-order valence-corrected chi connectivity index (χ1v) is 10.4. The van der Waals surface area contributed by atoms with Crippen LogP contribution >= 0.6 is 31.9 Å². The van der Waals surface area contributed by atoms with E-state index < -0.39 is 6.03 Å². The Hall–Kier alpha value is -1.70. The van der Waals surface area contributed by atoms with Crippen molar-refractivity contribution in [1.82, 2.24) is 15.5 Å². The summed E-state index contributed by atoms with van der Waals surface area (Å²) in [6, 6.07) is 14.7. The van der Waals surface area contributed by atoms with Crippen LogP contribution in [-0.2, 0) is 6.54 Å². The molecule has 0 aliphatic carbocycles. The summed E-state index contributed by atoms with van der Waals surface area (Å²) in [5.41, 5.74) is 1.73. The van der Waals surface area contributed by atoms with Gasteiger partial charge in [-0.05, 0) is 74.5 Å². The Balaban J connectivity index is 1.43. The van der Waals surface area contributed by atoms with Crippen molar-refractivity contribution >= 4 is 43.8 Å². The molecule has 1 fully saturated rings. The lowest BCUT2D eigenvalue weighted by Gasteiger charge is -2.32. The number of amides is 3. The van der Waals surface area contributed by atoms with E-state index in [0.29, 0.717) is 5.56 Å². The molecule has 3 rings (SSSR count). The van der Waals surface area contributed by atoms with Gasteiger partial charge in [0.1, 0.15) is 0 Å². The summed E-state index contributed by atoms with van der Waals surface area (Å²) in [5, 5.41) is 5.30. The Morgan fingerprint density at radius 2 is 1.70 bits per heavy atom. The number of benzene rings is 2. The first kappa shape index (κ1) is 20.0. The maximum atomic E-state index is 12.1. The number of nitrogens with zero attached hydrogens (tertiary/aromatic N) is 1. The van der Waals surface area contributed by atoms with Crippen molar-refractivity contribution in [2.45, 2.75) is 25.4 Å². The minimum absolute atomic E-state index is 0.0847. The molecule has 1 heterocycles. The molecule has 0 aromatic heterocycles. The highest BCUT2D eigenvalue weighted by Gasteiger charge is 2.21. The fourth-order valence-corrected chi connectivity index (χ4v) is 3.79. The van der Waals surface area contributed by atoms with Crippen LogP contribution in [0.1, 0.15) is 28.8 Å². The van der Waals surface area contributed by atoms with Crippen molar-refractivity contribution in [3.8, 4) is 0 Å². The van der Waals surface area contributed by atoms with Gasteiger partial charge in [0.2, 0.25) is 0 Å². The Morgan fingerprint density at radius 3 is 2.37 bits per heavy atom. The van der Waals surface area contributed by atoms with Crippen LogP contribution in [0.15, 0.2) is 57.5 Å². The van der Waals surface area contributed by atoms with Crippen molar-refractivity contribution in [2.75, 3.05) is 13.1 Å². The number of carbonyl (C=O) groups excluding carboxylic acids is 2. The SMILES string of the molecule is O=C(NC(=O)c1ccccc1)NC1CCN(Cc2ccc(Br)c(Br)c2)CC1. The van der Waals surface area contributed by atoms with Crippen LogP contribution in [0, 0.1) is 0 Å². The van der Waals surface area contributed by atoms with Crippen LogP contribution in [0.4, 0.5) is 4.79 Å². The molecule has 0 bridgehead atoms. The highest BCUT2D eigenvalue weighted by Crippen LogP contribution is 2.25. The Kier molecular flexibility index (Phi) is 7.04. The van der Waals surface area contributed by atoms with Crippen LogP contribution in [0.5, 0.6) is 0 Å². The first-order chi connectivity index (χ1) is 13.0. The monoisotopic (exact) mass is 493 g/mol. The van der Waals surface area contributed by atoms with Crippen LogP contribution in [0.25, 0.3) is 0 Å². The van der Waals surface area contributed by atoms with Crippen molar-refractivity contribution in [3.63, 3.8) is 0 Å². The zero-order valence-corrected chi connectivity index (χ0v) is 17.9. The molecule has 0 spiro atoms. The number of imide groups is 1. The van der Waals surface area contributed by atoms with Crippen molar-refractivity contribution in [3.05, 3.63) is 68.6 Å². The molecule has 27 heavy (non-hydrogen) atoms. The van der Waals surface area contributed by atoms with Gasteiger partial charge < -0.3 is 5.32 Å². The number of likely N-dealkylation sites (tertiary alicyclic amines) is 1. The smallest absolute Gasteiger partial charge is 0.321 e. The zero-order chi connectivity index (χ0) is 19.2. The van der Waals surface area contributed by atoms with Gasteiger partial charge >= 0.3 is 6.03 Å². The van der Waals surface area contributed by atoms with Crippen LogP contribution < -0.4 is 10.6 Å². The molecule has 3 amide bonds. The third-order valence-electron chi connectivity index (χ3n) is 4.58. The minimum atomic E-state index is -0.431. The van der Waals surface area contributed by atoms with Gasteiger partial charge in [-0.1, -0.05) is 24.3 Å². The van der Waals surface area contributed by atoms with E-state index in [0.717, 1.165) is 41.4 Å². The largest absolute Gasteiger partial charge is 0.335 e. The molecule has 0 radical (unpaired) electrons. The van der Waals surface area contributed by atoms with Crippen LogP contribution in [0.2, 0.25) is 0 Å². The summed E-state index contributed by atoms with van der Waals surface area (Å²) >= 11 is 7.02. The van der Waals surface area contributed by atoms with Crippen molar-refractivity contribution in [1.29, 1.82) is 0 Å². The van der Waals surface area contributed by atoms with Gasteiger partial charge in [0, 0.05) is 40.2 Å². The number of hydrogen-bond acceptors (Lipinski definition) is 3. The van der Waals surface area contributed by atoms with Crippen molar-refractivity contribution < 1.29 is 9.59 Å². The van der Waals surface area contributed by atoms with Crippen molar-refractivity contribution in [2.24, 2.45) is 0 Å². The summed E-state index contributed by atoms with van der Waals surface area (Å²) in [5.74, 6) is -0.383. The molecule has 0 unspecified atom stereocenters. The van der Waals surface area contributed by atoms with Gasteiger partial charge in [-0.2, -0.15) is 0 Å². The third kappa shape index (κ3) is 5.89. The molecule has 0 atom stereocenters. The minimum Gasteiger partial charge on any atom is -0.335 e. The number of rotatable bonds is 4. The predicted molar refractivity (Wildman–Crippen MR) is 113 cm³/mol. The van der Waals surface area contributed by atoms with Crippen LogP contribution in [-0.4, -0.2) is 36.0 Å². The zero-order valence-electron chi connectivity index (χ0n) is 14.8. The summed E-state index contributed by atoms with van der Waals surface area (Å²) in [4.78, 5) is 26.5. The standard InChI is InChI=1S/C20H21Br2N3O2/c21-17-7-6-14(12-18(17)22)13-25-10-8-16(9-11-25)23-20(27)24-19(26)15-4-2-1-3-5-15/h1-7,12,16H,8-11,13H2,(H2,23,24,26,27). The molecular formula is C20H21Br2N3O2. The first-order valence-electron chi connectivity index (χ1n) is 8.84. The molecule has 1 saturated heterocycles. The Morgan fingerprint density at radius 1 is 1.00 bits per heavy atom. The molecule has 1 aliphatic rings. The topological polar surface area (TPSA) is 61.4 Å². The molecule has 2 aromatic carbocycles. The lowest BCUT2D eigenvalue weighted by molar-refractivity contribution is 0.0962. The quantitative estimate of drug-likeness (QED) is 0.665. The molecule has 142 valence electrons. The molecule has 0 saturated carbocycles. The Labute approximate surface area is 175 Å². The second-order valence-corrected chi connectivity index (χ2v) is 8.30. The second-order valence-electron chi connectivity index (χ2n) is 6.59. The second kappa shape index (κ2) is 9.48. The molecule has 2 N–H and O–H groups in total. The summed E-state index contributed by atoms with van der Waals surface area (Å²) < 4.78 is 2.10. The molecule has 2 aromatic rings. The summed E-state index contributed by atoms with van der Waals surface area (Å²) in [7, 11) is 0.